The van der Waals surface area contributed by atoms with E-state index in [4.69, 9.17) is 0 Å². The highest BCUT2D eigenvalue weighted by atomic mass is 32.2. The predicted molar refractivity (Wildman–Crippen MR) is 83.3 cm³/mol. The lowest BCUT2D eigenvalue weighted by Crippen LogP contribution is -2.41. The van der Waals surface area contributed by atoms with Crippen LogP contribution in [0.25, 0.3) is 11.0 Å². The molecule has 0 aliphatic carbocycles. The number of rotatable bonds is 3. The van der Waals surface area contributed by atoms with Crippen molar-refractivity contribution in [2.75, 3.05) is 18.1 Å². The van der Waals surface area contributed by atoms with Crippen LogP contribution in [-0.2, 0) is 9.84 Å². The van der Waals surface area contributed by atoms with Crippen LogP contribution in [0.5, 0.6) is 0 Å². The Kier molecular flexibility index (Phi) is 3.82. The van der Waals surface area contributed by atoms with Crippen LogP contribution < -0.4 is 0 Å². The first-order chi connectivity index (χ1) is 10.5. The highest BCUT2D eigenvalue weighted by molar-refractivity contribution is 7.91. The maximum atomic E-state index is 12.6. The van der Waals surface area contributed by atoms with Crippen LogP contribution in [0.4, 0.5) is 0 Å². The third-order valence-electron chi connectivity index (χ3n) is 3.92. The van der Waals surface area contributed by atoms with Crippen molar-refractivity contribution in [2.45, 2.75) is 19.4 Å². The van der Waals surface area contributed by atoms with Crippen LogP contribution in [0.1, 0.15) is 23.8 Å². The van der Waals surface area contributed by atoms with Crippen LogP contribution in [0.3, 0.4) is 0 Å². The van der Waals surface area contributed by atoms with Gasteiger partial charge in [0.2, 0.25) is 0 Å². The summed E-state index contributed by atoms with van der Waals surface area (Å²) in [5, 5.41) is 0. The summed E-state index contributed by atoms with van der Waals surface area (Å²) >= 11 is 0. The highest BCUT2D eigenvalue weighted by Gasteiger charge is 2.34. The van der Waals surface area contributed by atoms with E-state index < -0.39 is 9.84 Å². The van der Waals surface area contributed by atoms with Crippen molar-refractivity contribution in [1.29, 1.82) is 0 Å². The molecule has 3 rings (SSSR count). The van der Waals surface area contributed by atoms with E-state index in [9.17, 15) is 13.2 Å². The van der Waals surface area contributed by atoms with E-state index in [1.807, 2.05) is 25.1 Å². The van der Waals surface area contributed by atoms with Gasteiger partial charge in [0.1, 0.15) is 5.69 Å². The van der Waals surface area contributed by atoms with Crippen LogP contribution in [0, 0.1) is 0 Å². The number of carbonyl (C=O) groups excluding carboxylic acids is 1. The second-order valence-corrected chi connectivity index (χ2v) is 7.62. The molecule has 1 atom stereocenters. The van der Waals surface area contributed by atoms with Crippen LogP contribution >= 0.6 is 0 Å². The summed E-state index contributed by atoms with van der Waals surface area (Å²) < 4.78 is 23.3. The van der Waals surface area contributed by atoms with Gasteiger partial charge in [-0.05, 0) is 25.5 Å². The fourth-order valence-corrected chi connectivity index (χ4v) is 4.53. The Labute approximate surface area is 129 Å². The maximum Gasteiger partial charge on any atom is 0.274 e. The fourth-order valence-electron chi connectivity index (χ4n) is 2.80. The van der Waals surface area contributed by atoms with Crippen molar-refractivity contribution in [2.24, 2.45) is 0 Å². The number of carbonyl (C=O) groups is 1. The molecule has 7 heteroatoms. The average Bonchev–Trinajstić information content (AvgIpc) is 2.87. The molecule has 22 heavy (non-hydrogen) atoms. The zero-order valence-electron chi connectivity index (χ0n) is 12.3. The lowest BCUT2D eigenvalue weighted by molar-refractivity contribution is 0.0702. The summed E-state index contributed by atoms with van der Waals surface area (Å²) in [5.41, 5.74) is 1.64. The molecule has 1 aromatic carbocycles. The number of nitrogens with zero attached hydrogens (tertiary/aromatic N) is 3. The van der Waals surface area contributed by atoms with Gasteiger partial charge in [-0.1, -0.05) is 12.1 Å². The zero-order chi connectivity index (χ0) is 15.7. The van der Waals surface area contributed by atoms with Gasteiger partial charge in [-0.25, -0.2) is 13.4 Å². The van der Waals surface area contributed by atoms with Gasteiger partial charge in [0.05, 0.1) is 28.7 Å². The summed E-state index contributed by atoms with van der Waals surface area (Å²) in [6.45, 7) is 2.30. The molecule has 0 radical (unpaired) electrons. The number of hydrogen-bond acceptors (Lipinski definition) is 5. The lowest BCUT2D eigenvalue weighted by Gasteiger charge is -2.26. The Hall–Kier alpha value is -2.02. The predicted octanol–water partition coefficient (Wildman–Crippen LogP) is 1.28. The Morgan fingerprint density at radius 3 is 2.68 bits per heavy atom. The molecule has 1 aliphatic rings. The summed E-state index contributed by atoms with van der Waals surface area (Å²) in [4.78, 5) is 22.8. The Morgan fingerprint density at radius 2 is 2.05 bits per heavy atom. The number of sulfone groups is 1. The van der Waals surface area contributed by atoms with E-state index in [-0.39, 0.29) is 29.1 Å². The smallest absolute Gasteiger partial charge is 0.274 e. The fraction of sp³-hybridized carbons (Fsp3) is 0.400. The maximum absolute atomic E-state index is 12.6. The van der Waals surface area contributed by atoms with Crippen LogP contribution in [0.15, 0.2) is 30.5 Å². The number of hydrogen-bond donors (Lipinski definition) is 0. The first-order valence-corrected chi connectivity index (χ1v) is 9.05. The normalized spacial score (nSPS) is 20.1. The lowest BCUT2D eigenvalue weighted by atomic mass is 10.2. The summed E-state index contributed by atoms with van der Waals surface area (Å²) in [7, 11) is -3.03. The van der Waals surface area contributed by atoms with Gasteiger partial charge >= 0.3 is 0 Å². The van der Waals surface area contributed by atoms with Crippen molar-refractivity contribution in [3.8, 4) is 0 Å². The number of para-hydroxylation sites is 2. The van der Waals surface area contributed by atoms with Crippen molar-refractivity contribution in [1.82, 2.24) is 14.9 Å². The number of benzene rings is 1. The molecule has 0 unspecified atom stereocenters. The van der Waals surface area contributed by atoms with Crippen LogP contribution in [0.2, 0.25) is 0 Å². The summed E-state index contributed by atoms with van der Waals surface area (Å²) in [6, 6.07) is 7.07. The van der Waals surface area contributed by atoms with E-state index in [0.717, 1.165) is 5.52 Å². The second-order valence-electron chi connectivity index (χ2n) is 5.39. The highest BCUT2D eigenvalue weighted by Crippen LogP contribution is 2.20. The van der Waals surface area contributed by atoms with E-state index in [2.05, 4.69) is 9.97 Å². The monoisotopic (exact) mass is 319 g/mol. The molecule has 6 nitrogen and oxygen atoms in total. The van der Waals surface area contributed by atoms with Crippen LogP contribution in [-0.4, -0.2) is 53.3 Å². The zero-order valence-corrected chi connectivity index (χ0v) is 13.1. The molecule has 2 aromatic rings. The van der Waals surface area contributed by atoms with Gasteiger partial charge in [0, 0.05) is 12.6 Å². The number of aromatic nitrogens is 2. The van der Waals surface area contributed by atoms with E-state index in [1.165, 1.54) is 6.20 Å². The SMILES string of the molecule is CCN(C(=O)c1cnc2ccccc2n1)[C@@H]1CCS(=O)(=O)C1. The van der Waals surface area contributed by atoms with Crippen molar-refractivity contribution < 1.29 is 13.2 Å². The Morgan fingerprint density at radius 1 is 1.32 bits per heavy atom. The molecule has 1 aromatic heterocycles. The Bertz CT molecular complexity index is 820. The largest absolute Gasteiger partial charge is 0.334 e. The van der Waals surface area contributed by atoms with Crippen molar-refractivity contribution in [3.05, 3.63) is 36.2 Å². The molecule has 0 saturated carbocycles. The minimum absolute atomic E-state index is 0.0353. The molecular formula is C15H17N3O3S. The van der Waals surface area contributed by atoms with Gasteiger partial charge in [-0.2, -0.15) is 0 Å². The molecule has 1 amide bonds. The van der Waals surface area contributed by atoms with E-state index in [1.54, 1.807) is 11.0 Å². The quantitative estimate of drug-likeness (QED) is 0.851. The van der Waals surface area contributed by atoms with Gasteiger partial charge < -0.3 is 4.90 Å². The number of amides is 1. The molecule has 1 fully saturated rings. The average molecular weight is 319 g/mol. The van der Waals surface area contributed by atoms with Crippen molar-refractivity contribution >= 4 is 26.8 Å². The Balaban J connectivity index is 1.89. The topological polar surface area (TPSA) is 80.2 Å². The minimum Gasteiger partial charge on any atom is -0.334 e. The van der Waals surface area contributed by atoms with Gasteiger partial charge in [-0.3, -0.25) is 9.78 Å². The molecule has 1 aliphatic heterocycles. The van der Waals surface area contributed by atoms with E-state index in [0.29, 0.717) is 18.5 Å². The van der Waals surface area contributed by atoms with Gasteiger partial charge in [0.25, 0.3) is 5.91 Å². The second kappa shape index (κ2) is 5.64. The summed E-state index contributed by atoms with van der Waals surface area (Å²) in [6.07, 6.45) is 1.94. The molecule has 0 spiro atoms. The molecule has 0 bridgehead atoms. The molecule has 2 heterocycles. The van der Waals surface area contributed by atoms with Gasteiger partial charge in [-0.15, -0.1) is 0 Å². The standard InChI is InChI=1S/C15H17N3O3S/c1-2-18(11-7-8-22(20,21)10-11)15(19)14-9-16-12-5-3-4-6-13(12)17-14/h3-6,9,11H,2,7-8,10H2,1H3/t11-/m1/s1. The minimum atomic E-state index is -3.03. The number of fused-ring (bicyclic) bond motifs is 1. The molecular weight excluding hydrogens is 302 g/mol. The summed E-state index contributed by atoms with van der Waals surface area (Å²) in [5.74, 6) is -0.0822. The molecule has 1 saturated heterocycles. The molecule has 0 N–H and O–H groups in total. The van der Waals surface area contributed by atoms with E-state index >= 15 is 0 Å². The first kappa shape index (κ1) is 14.9. The van der Waals surface area contributed by atoms with Gasteiger partial charge in [0.15, 0.2) is 9.84 Å². The first-order valence-electron chi connectivity index (χ1n) is 7.23. The third-order valence-corrected chi connectivity index (χ3v) is 5.67. The van der Waals surface area contributed by atoms with Crippen molar-refractivity contribution in [3.63, 3.8) is 0 Å². The molecule has 116 valence electrons. The third kappa shape index (κ3) is 2.81.